The zero-order valence-corrected chi connectivity index (χ0v) is 22.8. The van der Waals surface area contributed by atoms with Gasteiger partial charge in [0.05, 0.1) is 49.8 Å². The summed E-state index contributed by atoms with van der Waals surface area (Å²) in [5, 5.41) is 12.1. The second kappa shape index (κ2) is 13.4. The summed E-state index contributed by atoms with van der Waals surface area (Å²) in [6.07, 6.45) is 1.34. The lowest BCUT2D eigenvalue weighted by Crippen LogP contribution is -2.40. The molecule has 1 N–H and O–H groups in total. The van der Waals surface area contributed by atoms with Gasteiger partial charge in [0, 0.05) is 26.2 Å². The Morgan fingerprint density at radius 1 is 1.02 bits per heavy atom. The fourth-order valence-corrected chi connectivity index (χ4v) is 5.63. The highest BCUT2D eigenvalue weighted by atomic mass is 32.2. The number of amides is 1. The van der Waals surface area contributed by atoms with Crippen molar-refractivity contribution in [3.63, 3.8) is 0 Å². The van der Waals surface area contributed by atoms with Crippen molar-refractivity contribution in [2.24, 2.45) is 0 Å². The summed E-state index contributed by atoms with van der Waals surface area (Å²) >= 11 is 0. The van der Waals surface area contributed by atoms with Crippen molar-refractivity contribution < 1.29 is 37.0 Å². The third-order valence-electron chi connectivity index (χ3n) is 6.30. The molecule has 0 unspecified atom stereocenters. The van der Waals surface area contributed by atoms with Gasteiger partial charge < -0.3 is 29.2 Å². The minimum Gasteiger partial charge on any atom is -0.497 e. The zero-order valence-electron chi connectivity index (χ0n) is 22.0. The molecule has 0 aromatic heterocycles. The Bertz CT molecular complexity index is 1390. The lowest BCUT2D eigenvalue weighted by molar-refractivity contribution is -0.142. The van der Waals surface area contributed by atoms with Gasteiger partial charge >= 0.3 is 5.97 Å². The number of ether oxygens (including phenoxy) is 4. The van der Waals surface area contributed by atoms with Crippen molar-refractivity contribution in [3.05, 3.63) is 53.6 Å². The molecule has 4 rings (SSSR count). The third-order valence-corrected chi connectivity index (χ3v) is 8.20. The van der Waals surface area contributed by atoms with Crippen molar-refractivity contribution in [1.29, 1.82) is 5.26 Å². The summed E-state index contributed by atoms with van der Waals surface area (Å²) in [5.41, 5.74) is 1.16. The first-order chi connectivity index (χ1) is 19.3. The molecule has 40 heavy (non-hydrogen) atoms. The summed E-state index contributed by atoms with van der Waals surface area (Å²) in [6.45, 7) is 2.46. The van der Waals surface area contributed by atoms with E-state index in [4.69, 9.17) is 18.9 Å². The largest absolute Gasteiger partial charge is 0.497 e. The van der Waals surface area contributed by atoms with Crippen molar-refractivity contribution in [2.45, 2.75) is 4.90 Å². The van der Waals surface area contributed by atoms with Crippen LogP contribution in [0.5, 0.6) is 5.75 Å². The highest BCUT2D eigenvalue weighted by molar-refractivity contribution is 7.89. The molecule has 0 atom stereocenters. The van der Waals surface area contributed by atoms with Crippen LogP contribution >= 0.6 is 0 Å². The van der Waals surface area contributed by atoms with E-state index in [2.05, 4.69) is 5.32 Å². The van der Waals surface area contributed by atoms with Crippen LogP contribution < -0.4 is 15.0 Å². The lowest BCUT2D eigenvalue weighted by atomic mass is 10.1. The number of carbonyl (C=O) groups is 2. The van der Waals surface area contributed by atoms with Crippen LogP contribution in [0.3, 0.4) is 0 Å². The molecule has 12 nitrogen and oxygen atoms in total. The van der Waals surface area contributed by atoms with Gasteiger partial charge in [0.15, 0.2) is 6.61 Å². The monoisotopic (exact) mass is 570 g/mol. The number of esters is 1. The molecule has 2 aromatic carbocycles. The number of sulfonamides is 1. The number of hydrogen-bond donors (Lipinski definition) is 1. The number of hydrogen-bond acceptors (Lipinski definition) is 10. The topological polar surface area (TPSA) is 147 Å². The van der Waals surface area contributed by atoms with Crippen LogP contribution in [0.15, 0.2) is 52.9 Å². The van der Waals surface area contributed by atoms with Gasteiger partial charge in [-0.05, 0) is 42.0 Å². The second-order valence-corrected chi connectivity index (χ2v) is 10.8. The molecule has 2 fully saturated rings. The van der Waals surface area contributed by atoms with Gasteiger partial charge in [-0.3, -0.25) is 4.79 Å². The molecule has 0 radical (unpaired) electrons. The number of benzene rings is 2. The Hall–Kier alpha value is -3.96. The molecule has 212 valence electrons. The van der Waals surface area contributed by atoms with Crippen LogP contribution in [-0.2, 0) is 33.8 Å². The molecular weight excluding hydrogens is 540 g/mol. The van der Waals surface area contributed by atoms with Crippen LogP contribution in [0, 0.1) is 11.3 Å². The number of carbonyl (C=O) groups excluding carboxylic acids is 2. The Balaban J connectivity index is 1.49. The zero-order chi connectivity index (χ0) is 28.5. The first-order valence-corrected chi connectivity index (χ1v) is 14.0. The molecule has 0 aliphatic carbocycles. The molecule has 2 heterocycles. The van der Waals surface area contributed by atoms with Gasteiger partial charge in [0.1, 0.15) is 17.4 Å². The van der Waals surface area contributed by atoms with E-state index in [1.807, 2.05) is 4.90 Å². The van der Waals surface area contributed by atoms with Crippen LogP contribution in [0.2, 0.25) is 0 Å². The minimum absolute atomic E-state index is 0.0212. The fraction of sp³-hybridized carbons (Fsp3) is 0.370. The normalized spacial score (nSPS) is 16.6. The predicted octanol–water partition coefficient (Wildman–Crippen LogP) is 1.64. The minimum atomic E-state index is -3.82. The Morgan fingerprint density at radius 3 is 2.30 bits per heavy atom. The smallest absolute Gasteiger partial charge is 0.349 e. The standard InChI is InChI=1S/C27H30N4O8S/c1-36-22-4-2-20(3-5-22)16-21(18-28)27(33)39-19-26(32)29-24-17-23(40(34,35)31-10-14-38-15-11-31)6-7-25(24)30-8-12-37-13-9-30/h2-7,16-17H,8-15,19H2,1H3,(H,29,32)/b21-16+. The van der Waals surface area contributed by atoms with E-state index >= 15 is 0 Å². The summed E-state index contributed by atoms with van der Waals surface area (Å²) < 4.78 is 48.7. The molecule has 0 spiro atoms. The average Bonchev–Trinajstić information content (AvgIpc) is 2.99. The first-order valence-electron chi connectivity index (χ1n) is 12.6. The summed E-state index contributed by atoms with van der Waals surface area (Å²) in [7, 11) is -2.30. The molecule has 1 amide bonds. The maximum absolute atomic E-state index is 13.2. The van der Waals surface area contributed by atoms with E-state index in [-0.39, 0.29) is 29.2 Å². The van der Waals surface area contributed by atoms with Gasteiger partial charge in [-0.1, -0.05) is 12.1 Å². The summed E-state index contributed by atoms with van der Waals surface area (Å²) in [4.78, 5) is 27.3. The van der Waals surface area contributed by atoms with Crippen molar-refractivity contribution in [1.82, 2.24) is 4.31 Å². The SMILES string of the molecule is COc1ccc(/C=C(\C#N)C(=O)OCC(=O)Nc2cc(S(=O)(=O)N3CCOCC3)ccc2N2CCOCC2)cc1. The Labute approximate surface area is 232 Å². The molecule has 2 aliphatic rings. The van der Waals surface area contributed by atoms with E-state index in [9.17, 15) is 23.3 Å². The number of nitrogens with zero attached hydrogens (tertiary/aromatic N) is 3. The maximum Gasteiger partial charge on any atom is 0.349 e. The highest BCUT2D eigenvalue weighted by Gasteiger charge is 2.28. The number of anilines is 2. The van der Waals surface area contributed by atoms with Crippen LogP contribution in [0.4, 0.5) is 11.4 Å². The number of methoxy groups -OCH3 is 1. The highest BCUT2D eigenvalue weighted by Crippen LogP contribution is 2.31. The third kappa shape index (κ3) is 7.16. The van der Waals surface area contributed by atoms with Gasteiger partial charge in [-0.2, -0.15) is 9.57 Å². The van der Waals surface area contributed by atoms with Crippen LogP contribution in [0.1, 0.15) is 5.56 Å². The summed E-state index contributed by atoms with van der Waals surface area (Å²) in [5.74, 6) is -1.04. The van der Waals surface area contributed by atoms with Crippen molar-refractivity contribution >= 4 is 39.4 Å². The summed E-state index contributed by atoms with van der Waals surface area (Å²) in [6, 6.07) is 13.0. The molecule has 0 saturated carbocycles. The Kier molecular flexibility index (Phi) is 9.73. The van der Waals surface area contributed by atoms with E-state index < -0.39 is 28.5 Å². The molecule has 0 bridgehead atoms. The van der Waals surface area contributed by atoms with E-state index in [1.165, 1.54) is 29.6 Å². The molecule has 2 aliphatic heterocycles. The molecule has 2 aromatic rings. The van der Waals surface area contributed by atoms with E-state index in [0.717, 1.165) is 0 Å². The molecule has 2 saturated heterocycles. The first kappa shape index (κ1) is 29.0. The number of morpholine rings is 2. The van der Waals surface area contributed by atoms with Gasteiger partial charge in [0.25, 0.3) is 5.91 Å². The second-order valence-electron chi connectivity index (χ2n) is 8.86. The number of nitrogens with one attached hydrogen (secondary N) is 1. The van der Waals surface area contributed by atoms with Crippen LogP contribution in [0.25, 0.3) is 6.08 Å². The van der Waals surface area contributed by atoms with Crippen molar-refractivity contribution in [3.8, 4) is 11.8 Å². The van der Waals surface area contributed by atoms with Gasteiger partial charge in [-0.15, -0.1) is 0 Å². The lowest BCUT2D eigenvalue weighted by Gasteiger charge is -2.31. The van der Waals surface area contributed by atoms with Crippen LogP contribution in [-0.4, -0.2) is 90.9 Å². The maximum atomic E-state index is 13.2. The van der Waals surface area contributed by atoms with E-state index in [0.29, 0.717) is 56.5 Å². The number of rotatable bonds is 9. The van der Waals surface area contributed by atoms with Crippen molar-refractivity contribution in [2.75, 3.05) is 76.5 Å². The van der Waals surface area contributed by atoms with E-state index in [1.54, 1.807) is 36.4 Å². The number of nitriles is 1. The molecular formula is C27H30N4O8S. The fourth-order valence-electron chi connectivity index (χ4n) is 4.19. The average molecular weight is 571 g/mol. The van der Waals surface area contributed by atoms with Gasteiger partial charge in [-0.25, -0.2) is 13.2 Å². The van der Waals surface area contributed by atoms with Gasteiger partial charge in [0.2, 0.25) is 10.0 Å². The Morgan fingerprint density at radius 2 is 1.68 bits per heavy atom. The predicted molar refractivity (Wildman–Crippen MR) is 145 cm³/mol. The quantitative estimate of drug-likeness (QED) is 0.268. The molecule has 13 heteroatoms.